The molecule has 1 aromatic rings. The molecule has 1 aromatic carbocycles. The van der Waals surface area contributed by atoms with Crippen LogP contribution in [0, 0.1) is 10.1 Å². The largest absolute Gasteiger partial charge is 0.504 e. The molecule has 21 heavy (non-hydrogen) atoms. The van der Waals surface area contributed by atoms with Crippen LogP contribution in [-0.4, -0.2) is 54.9 Å². The van der Waals surface area contributed by atoms with Gasteiger partial charge in [0.2, 0.25) is 0 Å². The van der Waals surface area contributed by atoms with Crippen LogP contribution in [0.5, 0.6) is 11.5 Å². The number of non-ortho nitro benzene ring substituents is 1. The van der Waals surface area contributed by atoms with Gasteiger partial charge in [0.15, 0.2) is 11.5 Å². The van der Waals surface area contributed by atoms with Crippen molar-refractivity contribution in [2.45, 2.75) is 12.8 Å². The summed E-state index contributed by atoms with van der Waals surface area (Å²) in [6.45, 7) is 4.19. The van der Waals surface area contributed by atoms with E-state index in [1.165, 1.54) is 19.2 Å². The molecule has 1 fully saturated rings. The fraction of sp³-hybridized carbons (Fsp3) is 0.571. The van der Waals surface area contributed by atoms with Crippen molar-refractivity contribution < 1.29 is 19.5 Å². The van der Waals surface area contributed by atoms with Gasteiger partial charge in [-0.05, 0) is 19.4 Å². The van der Waals surface area contributed by atoms with Crippen LogP contribution in [0.2, 0.25) is 0 Å². The topological polar surface area (TPSA) is 85.1 Å². The number of rotatable bonds is 6. The molecule has 1 saturated heterocycles. The number of aromatic hydroxyl groups is 1. The van der Waals surface area contributed by atoms with Crippen molar-refractivity contribution in [3.05, 3.63) is 27.8 Å². The number of hydrogen-bond donors (Lipinski definition) is 1. The van der Waals surface area contributed by atoms with Crippen molar-refractivity contribution >= 4 is 5.69 Å². The zero-order valence-corrected chi connectivity index (χ0v) is 12.1. The maximum atomic E-state index is 10.9. The Labute approximate surface area is 123 Å². The molecule has 7 nitrogen and oxygen atoms in total. The normalized spacial score (nSPS) is 15.9. The predicted octanol–water partition coefficient (Wildman–Crippen LogP) is 1.57. The summed E-state index contributed by atoms with van der Waals surface area (Å²) in [5, 5.41) is 21.0. The van der Waals surface area contributed by atoms with Crippen molar-refractivity contribution in [2.75, 3.05) is 40.0 Å². The van der Waals surface area contributed by atoms with Crippen LogP contribution in [0.15, 0.2) is 12.1 Å². The number of phenolic OH excluding ortho intramolecular Hbond substituents is 1. The maximum Gasteiger partial charge on any atom is 0.273 e. The van der Waals surface area contributed by atoms with Crippen LogP contribution in [0.4, 0.5) is 5.69 Å². The SMILES string of the molecule is COc1cc([N+](=O)[O-])cc(CCCN2CCOCC2)c1O. The van der Waals surface area contributed by atoms with Gasteiger partial charge >= 0.3 is 0 Å². The average Bonchev–Trinajstić information content (AvgIpc) is 2.49. The third-order valence-corrected chi connectivity index (χ3v) is 3.59. The number of hydrogen-bond acceptors (Lipinski definition) is 6. The van der Waals surface area contributed by atoms with Crippen LogP contribution >= 0.6 is 0 Å². The monoisotopic (exact) mass is 296 g/mol. The number of benzene rings is 1. The Bertz CT molecular complexity index is 500. The summed E-state index contributed by atoms with van der Waals surface area (Å²) in [7, 11) is 1.39. The van der Waals surface area contributed by atoms with Gasteiger partial charge in [-0.3, -0.25) is 15.0 Å². The lowest BCUT2D eigenvalue weighted by atomic mass is 10.1. The van der Waals surface area contributed by atoms with E-state index < -0.39 is 4.92 Å². The van der Waals surface area contributed by atoms with E-state index >= 15 is 0 Å². The summed E-state index contributed by atoms with van der Waals surface area (Å²) < 4.78 is 10.3. The first-order valence-corrected chi connectivity index (χ1v) is 6.96. The standard InChI is InChI=1S/C14H20N2O5/c1-20-13-10-12(16(18)19)9-11(14(13)17)3-2-4-15-5-7-21-8-6-15/h9-10,17H,2-8H2,1H3. The Balaban J connectivity index is 2.00. The average molecular weight is 296 g/mol. The van der Waals surface area contributed by atoms with E-state index in [0.717, 1.165) is 39.3 Å². The molecule has 1 aliphatic rings. The zero-order chi connectivity index (χ0) is 15.2. The number of nitro groups is 1. The van der Waals surface area contributed by atoms with Crippen molar-refractivity contribution in [3.8, 4) is 11.5 Å². The molecule has 1 aliphatic heterocycles. The molecule has 0 aliphatic carbocycles. The van der Waals surface area contributed by atoms with Gasteiger partial charge in [0.05, 0.1) is 31.3 Å². The molecule has 1 N–H and O–H groups in total. The number of nitro benzene ring substituents is 1. The highest BCUT2D eigenvalue weighted by atomic mass is 16.6. The lowest BCUT2D eigenvalue weighted by Gasteiger charge is -2.26. The van der Waals surface area contributed by atoms with Gasteiger partial charge in [-0.25, -0.2) is 0 Å². The van der Waals surface area contributed by atoms with E-state index in [4.69, 9.17) is 9.47 Å². The van der Waals surface area contributed by atoms with Crippen LogP contribution in [-0.2, 0) is 11.2 Å². The highest BCUT2D eigenvalue weighted by molar-refractivity contribution is 5.53. The molecule has 0 bridgehead atoms. The number of ether oxygens (including phenoxy) is 2. The van der Waals surface area contributed by atoms with Crippen LogP contribution in [0.1, 0.15) is 12.0 Å². The summed E-state index contributed by atoms with van der Waals surface area (Å²) in [6.07, 6.45) is 1.39. The van der Waals surface area contributed by atoms with Gasteiger partial charge in [-0.1, -0.05) is 0 Å². The van der Waals surface area contributed by atoms with Crippen molar-refractivity contribution in [1.29, 1.82) is 0 Å². The molecule has 1 heterocycles. The summed E-state index contributed by atoms with van der Waals surface area (Å²) in [5.74, 6) is 0.135. The third kappa shape index (κ3) is 4.05. The fourth-order valence-corrected chi connectivity index (χ4v) is 2.42. The Morgan fingerprint density at radius 2 is 2.14 bits per heavy atom. The molecular weight excluding hydrogens is 276 g/mol. The second kappa shape index (κ2) is 7.24. The van der Waals surface area contributed by atoms with Crippen LogP contribution < -0.4 is 4.74 Å². The lowest BCUT2D eigenvalue weighted by Crippen LogP contribution is -2.36. The van der Waals surface area contributed by atoms with Gasteiger partial charge in [0.25, 0.3) is 5.69 Å². The molecule has 0 atom stereocenters. The molecule has 7 heteroatoms. The van der Waals surface area contributed by atoms with E-state index in [-0.39, 0.29) is 17.2 Å². The second-order valence-electron chi connectivity index (χ2n) is 4.97. The van der Waals surface area contributed by atoms with Gasteiger partial charge in [-0.15, -0.1) is 0 Å². The third-order valence-electron chi connectivity index (χ3n) is 3.59. The van der Waals surface area contributed by atoms with E-state index in [2.05, 4.69) is 4.90 Å². The Morgan fingerprint density at radius 1 is 1.43 bits per heavy atom. The molecule has 0 spiro atoms. The first kappa shape index (κ1) is 15.5. The Kier molecular flexibility index (Phi) is 5.35. The molecular formula is C14H20N2O5. The van der Waals surface area contributed by atoms with Crippen molar-refractivity contribution in [3.63, 3.8) is 0 Å². The van der Waals surface area contributed by atoms with E-state index in [1.54, 1.807) is 0 Å². The zero-order valence-electron chi connectivity index (χ0n) is 12.1. The first-order valence-electron chi connectivity index (χ1n) is 6.96. The lowest BCUT2D eigenvalue weighted by molar-refractivity contribution is -0.385. The van der Waals surface area contributed by atoms with Gasteiger partial charge < -0.3 is 14.6 Å². The minimum Gasteiger partial charge on any atom is -0.504 e. The molecule has 0 amide bonds. The molecule has 2 rings (SSSR count). The van der Waals surface area contributed by atoms with Crippen LogP contribution in [0.25, 0.3) is 0 Å². The quantitative estimate of drug-likeness (QED) is 0.633. The predicted molar refractivity (Wildman–Crippen MR) is 76.9 cm³/mol. The molecule has 0 aromatic heterocycles. The first-order chi connectivity index (χ1) is 10.1. The smallest absolute Gasteiger partial charge is 0.273 e. The number of phenols is 1. The molecule has 0 saturated carbocycles. The summed E-state index contributed by atoms with van der Waals surface area (Å²) in [6, 6.07) is 2.65. The number of nitrogens with zero attached hydrogens (tertiary/aromatic N) is 2. The highest BCUT2D eigenvalue weighted by Gasteiger charge is 2.17. The summed E-state index contributed by atoms with van der Waals surface area (Å²) in [5.41, 5.74) is 0.486. The minimum atomic E-state index is -0.479. The Morgan fingerprint density at radius 3 is 2.76 bits per heavy atom. The Hall–Kier alpha value is -1.86. The van der Waals surface area contributed by atoms with Crippen LogP contribution in [0.3, 0.4) is 0 Å². The summed E-state index contributed by atoms with van der Waals surface area (Å²) >= 11 is 0. The summed E-state index contributed by atoms with van der Waals surface area (Å²) in [4.78, 5) is 12.7. The number of methoxy groups -OCH3 is 1. The van der Waals surface area contributed by atoms with Gasteiger partial charge in [0.1, 0.15) is 0 Å². The van der Waals surface area contributed by atoms with Gasteiger partial charge in [0, 0.05) is 24.7 Å². The second-order valence-corrected chi connectivity index (χ2v) is 4.97. The number of morpholine rings is 1. The molecule has 116 valence electrons. The maximum absolute atomic E-state index is 10.9. The van der Waals surface area contributed by atoms with E-state index in [0.29, 0.717) is 12.0 Å². The van der Waals surface area contributed by atoms with Crippen molar-refractivity contribution in [1.82, 2.24) is 4.90 Å². The van der Waals surface area contributed by atoms with E-state index in [9.17, 15) is 15.2 Å². The van der Waals surface area contributed by atoms with Gasteiger partial charge in [-0.2, -0.15) is 0 Å². The molecule has 0 unspecified atom stereocenters. The number of aryl methyl sites for hydroxylation is 1. The highest BCUT2D eigenvalue weighted by Crippen LogP contribution is 2.35. The molecule has 0 radical (unpaired) electrons. The van der Waals surface area contributed by atoms with Crippen molar-refractivity contribution in [2.24, 2.45) is 0 Å². The fourth-order valence-electron chi connectivity index (χ4n) is 2.42. The minimum absolute atomic E-state index is 0.00919. The van der Waals surface area contributed by atoms with E-state index in [1.807, 2.05) is 0 Å².